The number of hydrogen-bond donors (Lipinski definition) is 1. The summed E-state index contributed by atoms with van der Waals surface area (Å²) in [6, 6.07) is 0. The van der Waals surface area contributed by atoms with Gasteiger partial charge in [0.05, 0.1) is 0 Å². The molecular weight excluding hydrogens is 200 g/mol. The summed E-state index contributed by atoms with van der Waals surface area (Å²) >= 11 is 4.61. The lowest BCUT2D eigenvalue weighted by Gasteiger charge is -2.41. The van der Waals surface area contributed by atoms with E-state index in [9.17, 15) is 0 Å². The predicted molar refractivity (Wildman–Crippen MR) is 72.1 cm³/mol. The summed E-state index contributed by atoms with van der Waals surface area (Å²) in [5.41, 5.74) is 0.265. The fourth-order valence-corrected chi connectivity index (χ4v) is 2.97. The number of thiol groups is 1. The van der Waals surface area contributed by atoms with Gasteiger partial charge in [0.1, 0.15) is 0 Å². The van der Waals surface area contributed by atoms with E-state index in [0.29, 0.717) is 5.92 Å². The Balaban J connectivity index is 2.57. The van der Waals surface area contributed by atoms with Gasteiger partial charge in [0, 0.05) is 0 Å². The molecule has 0 aliphatic heterocycles. The maximum Gasteiger partial charge on any atom is -0.00529 e. The van der Waals surface area contributed by atoms with Crippen LogP contribution in [0.3, 0.4) is 0 Å². The Hall–Kier alpha value is -0.170. The summed E-state index contributed by atoms with van der Waals surface area (Å²) in [7, 11) is 0. The SMILES string of the molecule is CC1CC(C)C1/C(S)=C\C=C/C(C)(C)C. The second-order valence-corrected chi connectivity index (χ2v) is 6.55. The first-order valence-electron chi connectivity index (χ1n) is 5.89. The van der Waals surface area contributed by atoms with Crippen molar-refractivity contribution in [1.29, 1.82) is 0 Å². The minimum absolute atomic E-state index is 0.265. The molecule has 1 aliphatic rings. The van der Waals surface area contributed by atoms with Crippen LogP contribution in [0.15, 0.2) is 23.1 Å². The van der Waals surface area contributed by atoms with Crippen LogP contribution in [0.2, 0.25) is 0 Å². The molecule has 2 atom stereocenters. The van der Waals surface area contributed by atoms with Gasteiger partial charge in [-0.15, -0.1) is 12.6 Å². The van der Waals surface area contributed by atoms with Gasteiger partial charge in [0.25, 0.3) is 0 Å². The van der Waals surface area contributed by atoms with Gasteiger partial charge in [0.2, 0.25) is 0 Å². The third-order valence-electron chi connectivity index (χ3n) is 3.17. The molecule has 1 saturated carbocycles. The lowest BCUT2D eigenvalue weighted by molar-refractivity contribution is 0.145. The van der Waals surface area contributed by atoms with Gasteiger partial charge in [-0.1, -0.05) is 52.8 Å². The van der Waals surface area contributed by atoms with E-state index < -0.39 is 0 Å². The first-order valence-corrected chi connectivity index (χ1v) is 6.34. The van der Waals surface area contributed by atoms with Crippen LogP contribution in [0.25, 0.3) is 0 Å². The van der Waals surface area contributed by atoms with E-state index in [4.69, 9.17) is 0 Å². The van der Waals surface area contributed by atoms with Crippen molar-refractivity contribution in [3.8, 4) is 0 Å². The summed E-state index contributed by atoms with van der Waals surface area (Å²) in [6.45, 7) is 11.3. The maximum atomic E-state index is 4.61. The van der Waals surface area contributed by atoms with Crippen LogP contribution < -0.4 is 0 Å². The highest BCUT2D eigenvalue weighted by Gasteiger charge is 2.35. The molecule has 0 amide bonds. The predicted octanol–water partition coefficient (Wildman–Crippen LogP) is 4.69. The van der Waals surface area contributed by atoms with E-state index in [0.717, 1.165) is 11.8 Å². The fourth-order valence-electron chi connectivity index (χ4n) is 2.37. The molecule has 1 fully saturated rings. The number of rotatable bonds is 2. The first kappa shape index (κ1) is 12.9. The molecule has 0 bridgehead atoms. The van der Waals surface area contributed by atoms with Crippen LogP contribution >= 0.6 is 12.6 Å². The molecule has 0 aromatic rings. The van der Waals surface area contributed by atoms with Crippen LogP contribution in [-0.2, 0) is 0 Å². The van der Waals surface area contributed by atoms with E-state index in [1.54, 1.807) is 0 Å². The Morgan fingerprint density at radius 2 is 1.73 bits per heavy atom. The van der Waals surface area contributed by atoms with E-state index in [1.165, 1.54) is 11.3 Å². The molecule has 2 unspecified atom stereocenters. The molecule has 0 heterocycles. The highest BCUT2D eigenvalue weighted by Crippen LogP contribution is 2.45. The summed E-state index contributed by atoms with van der Waals surface area (Å²) in [5, 5.41) is 0. The highest BCUT2D eigenvalue weighted by atomic mass is 32.1. The van der Waals surface area contributed by atoms with Gasteiger partial charge in [-0.2, -0.15) is 0 Å². The smallest absolute Gasteiger partial charge is 0.00529 e. The molecule has 0 radical (unpaired) electrons. The van der Waals surface area contributed by atoms with Crippen molar-refractivity contribution >= 4 is 12.6 Å². The average molecular weight is 224 g/mol. The summed E-state index contributed by atoms with van der Waals surface area (Å²) in [5.74, 6) is 2.32. The molecule has 1 heteroatoms. The van der Waals surface area contributed by atoms with Crippen molar-refractivity contribution in [3.05, 3.63) is 23.1 Å². The van der Waals surface area contributed by atoms with Crippen molar-refractivity contribution in [2.24, 2.45) is 23.2 Å². The third kappa shape index (κ3) is 3.71. The van der Waals surface area contributed by atoms with Crippen LogP contribution in [0.5, 0.6) is 0 Å². The summed E-state index contributed by atoms with van der Waals surface area (Å²) < 4.78 is 0. The Labute approximate surface area is 100 Å². The second-order valence-electron chi connectivity index (χ2n) is 6.03. The van der Waals surface area contributed by atoms with Crippen LogP contribution in [-0.4, -0.2) is 0 Å². The van der Waals surface area contributed by atoms with E-state index in [1.807, 2.05) is 0 Å². The van der Waals surface area contributed by atoms with Gasteiger partial charge >= 0.3 is 0 Å². The molecule has 0 spiro atoms. The lowest BCUT2D eigenvalue weighted by atomic mass is 9.66. The Kier molecular flexibility index (Phi) is 4.11. The van der Waals surface area contributed by atoms with Crippen molar-refractivity contribution in [2.75, 3.05) is 0 Å². The Morgan fingerprint density at radius 3 is 2.13 bits per heavy atom. The normalized spacial score (nSPS) is 33.2. The molecule has 0 nitrogen and oxygen atoms in total. The lowest BCUT2D eigenvalue weighted by Crippen LogP contribution is -2.32. The maximum absolute atomic E-state index is 4.61. The second kappa shape index (κ2) is 4.78. The number of allylic oxidation sites excluding steroid dienone is 4. The molecule has 0 aromatic carbocycles. The fraction of sp³-hybridized carbons (Fsp3) is 0.714. The Bertz CT molecular complexity index is 260. The zero-order valence-electron chi connectivity index (χ0n) is 10.6. The van der Waals surface area contributed by atoms with Gasteiger partial charge < -0.3 is 0 Å². The number of hydrogen-bond acceptors (Lipinski definition) is 1. The van der Waals surface area contributed by atoms with Crippen LogP contribution in [0.4, 0.5) is 0 Å². The minimum atomic E-state index is 0.265. The van der Waals surface area contributed by atoms with Gasteiger partial charge in [0.15, 0.2) is 0 Å². The molecular formula is C14H24S. The molecule has 0 aromatic heterocycles. The highest BCUT2D eigenvalue weighted by molar-refractivity contribution is 7.84. The molecule has 1 rings (SSSR count). The van der Waals surface area contributed by atoms with Gasteiger partial charge in [-0.05, 0) is 34.5 Å². The molecule has 15 heavy (non-hydrogen) atoms. The average Bonchev–Trinajstić information content (AvgIpc) is 2.00. The topological polar surface area (TPSA) is 0 Å². The van der Waals surface area contributed by atoms with E-state index in [-0.39, 0.29) is 5.41 Å². The zero-order valence-corrected chi connectivity index (χ0v) is 11.5. The van der Waals surface area contributed by atoms with Crippen LogP contribution in [0.1, 0.15) is 41.0 Å². The van der Waals surface area contributed by atoms with Gasteiger partial charge in [-0.25, -0.2) is 0 Å². The summed E-state index contributed by atoms with van der Waals surface area (Å²) in [6.07, 6.45) is 7.91. The van der Waals surface area contributed by atoms with Crippen molar-refractivity contribution in [1.82, 2.24) is 0 Å². The van der Waals surface area contributed by atoms with Crippen molar-refractivity contribution in [2.45, 2.75) is 41.0 Å². The molecule has 0 saturated heterocycles. The zero-order chi connectivity index (χ0) is 11.6. The van der Waals surface area contributed by atoms with Gasteiger partial charge in [-0.3, -0.25) is 0 Å². The molecule has 86 valence electrons. The van der Waals surface area contributed by atoms with Crippen molar-refractivity contribution < 1.29 is 0 Å². The van der Waals surface area contributed by atoms with E-state index >= 15 is 0 Å². The molecule has 1 aliphatic carbocycles. The standard InChI is InChI=1S/C14H24S/c1-10-9-11(2)13(10)12(15)7-6-8-14(3,4)5/h6-8,10-11,13,15H,9H2,1-5H3/b8-6-,12-7+. The van der Waals surface area contributed by atoms with Crippen molar-refractivity contribution in [3.63, 3.8) is 0 Å². The largest absolute Gasteiger partial charge is 0.148 e. The third-order valence-corrected chi connectivity index (χ3v) is 3.62. The quantitative estimate of drug-likeness (QED) is 0.510. The van der Waals surface area contributed by atoms with Crippen LogP contribution in [0, 0.1) is 23.2 Å². The Morgan fingerprint density at radius 1 is 1.20 bits per heavy atom. The molecule has 0 N–H and O–H groups in total. The first-order chi connectivity index (χ1) is 6.81. The minimum Gasteiger partial charge on any atom is -0.148 e. The monoisotopic (exact) mass is 224 g/mol. The van der Waals surface area contributed by atoms with E-state index in [2.05, 4.69) is 65.5 Å². The summed E-state index contributed by atoms with van der Waals surface area (Å²) in [4.78, 5) is 1.25.